The molecule has 0 aliphatic rings. The summed E-state index contributed by atoms with van der Waals surface area (Å²) in [4.78, 5) is 23.7. The first-order valence-corrected chi connectivity index (χ1v) is 6.49. The summed E-state index contributed by atoms with van der Waals surface area (Å²) in [6, 6.07) is 3.41. The van der Waals surface area contributed by atoms with Gasteiger partial charge in [0.15, 0.2) is 0 Å². The van der Waals surface area contributed by atoms with Gasteiger partial charge in [-0.05, 0) is 41.1 Å². The molecular weight excluding hydrogens is 359 g/mol. The minimum Gasteiger partial charge on any atom is -0.480 e. The molecule has 1 aromatic rings. The fraction of sp³-hybridized carbons (Fsp3) is 0.333. The first-order chi connectivity index (χ1) is 9.64. The number of benzene rings is 1. The number of alkyl halides is 3. The Hall–Kier alpha value is -1.77. The number of ether oxygens (including phenoxy) is 1. The number of hydrogen-bond acceptors (Lipinski definition) is 3. The molecule has 0 saturated heterocycles. The summed E-state index contributed by atoms with van der Waals surface area (Å²) < 4.78 is 40.5. The van der Waals surface area contributed by atoms with E-state index < -0.39 is 30.5 Å². The first-order valence-electron chi connectivity index (χ1n) is 5.70. The lowest BCUT2D eigenvalue weighted by Gasteiger charge is -2.19. The average molecular weight is 370 g/mol. The van der Waals surface area contributed by atoms with Gasteiger partial charge in [-0.2, -0.15) is 0 Å². The van der Waals surface area contributed by atoms with E-state index in [1.165, 1.54) is 12.1 Å². The zero-order valence-corrected chi connectivity index (χ0v) is 12.4. The second-order valence-electron chi connectivity index (χ2n) is 3.91. The Balaban J connectivity index is 3.05. The van der Waals surface area contributed by atoms with E-state index >= 15 is 0 Å². The van der Waals surface area contributed by atoms with Gasteiger partial charge in [-0.15, -0.1) is 13.2 Å². The maximum atomic E-state index is 12.2. The molecule has 0 saturated carbocycles. The molecule has 0 aliphatic carbocycles. The lowest BCUT2D eigenvalue weighted by atomic mass is 10.2. The van der Waals surface area contributed by atoms with Gasteiger partial charge in [0.25, 0.3) is 5.91 Å². The Bertz CT molecular complexity index is 548. The molecule has 0 aliphatic heterocycles. The number of nitrogens with zero attached hydrogens (tertiary/aromatic N) is 1. The number of carbonyl (C=O) groups excluding carboxylic acids is 1. The number of amides is 1. The Morgan fingerprint density at radius 2 is 2.00 bits per heavy atom. The minimum atomic E-state index is -4.89. The van der Waals surface area contributed by atoms with Gasteiger partial charge >= 0.3 is 12.3 Å². The van der Waals surface area contributed by atoms with Crippen LogP contribution in [0.5, 0.6) is 5.75 Å². The summed E-state index contributed by atoms with van der Waals surface area (Å²) in [7, 11) is 0. The molecule has 0 fully saturated rings. The number of halogens is 4. The van der Waals surface area contributed by atoms with Gasteiger partial charge in [-0.3, -0.25) is 9.59 Å². The molecule has 0 spiro atoms. The Labute approximate surface area is 126 Å². The van der Waals surface area contributed by atoms with Crippen molar-refractivity contribution in [2.75, 3.05) is 13.1 Å². The van der Waals surface area contributed by atoms with Crippen LogP contribution >= 0.6 is 15.9 Å². The quantitative estimate of drug-likeness (QED) is 0.866. The molecule has 0 bridgehead atoms. The number of hydrogen-bond donors (Lipinski definition) is 1. The van der Waals surface area contributed by atoms with Crippen molar-refractivity contribution in [1.29, 1.82) is 0 Å². The Kier molecular flexibility index (Phi) is 5.59. The van der Waals surface area contributed by atoms with Gasteiger partial charge < -0.3 is 14.7 Å². The summed E-state index contributed by atoms with van der Waals surface area (Å²) >= 11 is 2.88. The number of likely N-dealkylation sites (N-methyl/N-ethyl adjacent to an activating group) is 1. The molecular formula is C12H11BrF3NO4. The number of carbonyl (C=O) groups is 2. The number of rotatable bonds is 5. The Morgan fingerprint density at radius 3 is 2.48 bits per heavy atom. The van der Waals surface area contributed by atoms with Crippen molar-refractivity contribution in [2.24, 2.45) is 0 Å². The van der Waals surface area contributed by atoms with Crippen LogP contribution in [0.15, 0.2) is 22.7 Å². The van der Waals surface area contributed by atoms with Crippen molar-refractivity contribution in [3.63, 3.8) is 0 Å². The van der Waals surface area contributed by atoms with Gasteiger partial charge in [0.05, 0.1) is 4.47 Å². The van der Waals surface area contributed by atoms with Gasteiger partial charge in [0, 0.05) is 12.1 Å². The van der Waals surface area contributed by atoms with Crippen molar-refractivity contribution in [3.05, 3.63) is 28.2 Å². The standard InChI is InChI=1S/C12H11BrF3NO4/c1-2-17(6-10(18)19)11(20)7-3-4-8(13)9(5-7)21-12(14,15)16/h3-5H,2,6H2,1H3,(H,18,19). The fourth-order valence-corrected chi connectivity index (χ4v) is 1.84. The van der Waals surface area contributed by atoms with Crippen LogP contribution < -0.4 is 4.74 Å². The van der Waals surface area contributed by atoms with E-state index in [1.807, 2.05) is 0 Å². The molecule has 0 atom stereocenters. The second-order valence-corrected chi connectivity index (χ2v) is 4.76. The fourth-order valence-electron chi connectivity index (χ4n) is 1.51. The van der Waals surface area contributed by atoms with Crippen LogP contribution in [0.2, 0.25) is 0 Å². The van der Waals surface area contributed by atoms with Gasteiger partial charge in [0.1, 0.15) is 12.3 Å². The molecule has 9 heteroatoms. The predicted octanol–water partition coefficient (Wildman–Crippen LogP) is 2.89. The molecule has 0 radical (unpaired) electrons. The molecule has 1 amide bonds. The third-order valence-electron chi connectivity index (χ3n) is 2.40. The van der Waals surface area contributed by atoms with Crippen LogP contribution in [0, 0.1) is 0 Å². The van der Waals surface area contributed by atoms with E-state index in [1.54, 1.807) is 6.92 Å². The maximum absolute atomic E-state index is 12.2. The Morgan fingerprint density at radius 1 is 1.38 bits per heavy atom. The maximum Gasteiger partial charge on any atom is 0.573 e. The first kappa shape index (κ1) is 17.3. The summed E-state index contributed by atoms with van der Waals surface area (Å²) in [5, 5.41) is 8.69. The molecule has 0 aromatic heterocycles. The molecule has 1 aromatic carbocycles. The zero-order valence-electron chi connectivity index (χ0n) is 10.8. The largest absolute Gasteiger partial charge is 0.573 e. The molecule has 5 nitrogen and oxygen atoms in total. The molecule has 116 valence electrons. The molecule has 21 heavy (non-hydrogen) atoms. The molecule has 1 rings (SSSR count). The van der Waals surface area contributed by atoms with Crippen molar-refractivity contribution < 1.29 is 32.6 Å². The van der Waals surface area contributed by atoms with Gasteiger partial charge in [-0.1, -0.05) is 0 Å². The number of carboxylic acids is 1. The highest BCUT2D eigenvalue weighted by molar-refractivity contribution is 9.10. The molecule has 0 heterocycles. The van der Waals surface area contributed by atoms with E-state index in [2.05, 4.69) is 20.7 Å². The monoisotopic (exact) mass is 369 g/mol. The summed E-state index contributed by atoms with van der Waals surface area (Å²) in [6.45, 7) is 1.13. The van der Waals surface area contributed by atoms with Crippen LogP contribution in [0.3, 0.4) is 0 Å². The number of carboxylic acid groups (broad SMARTS) is 1. The van der Waals surface area contributed by atoms with Crippen molar-refractivity contribution in [3.8, 4) is 5.75 Å². The van der Waals surface area contributed by atoms with Gasteiger partial charge in [0.2, 0.25) is 0 Å². The van der Waals surface area contributed by atoms with Crippen LogP contribution in [0.4, 0.5) is 13.2 Å². The highest BCUT2D eigenvalue weighted by atomic mass is 79.9. The SMILES string of the molecule is CCN(CC(=O)O)C(=O)c1ccc(Br)c(OC(F)(F)F)c1. The predicted molar refractivity (Wildman–Crippen MR) is 70.0 cm³/mol. The number of aliphatic carboxylic acids is 1. The van der Waals surface area contributed by atoms with E-state index in [-0.39, 0.29) is 16.6 Å². The normalized spacial score (nSPS) is 11.1. The summed E-state index contributed by atoms with van der Waals surface area (Å²) in [6.07, 6.45) is -4.89. The summed E-state index contributed by atoms with van der Waals surface area (Å²) in [5.74, 6) is -2.48. The lowest BCUT2D eigenvalue weighted by molar-refractivity contribution is -0.274. The van der Waals surface area contributed by atoms with E-state index in [4.69, 9.17) is 5.11 Å². The highest BCUT2D eigenvalue weighted by Crippen LogP contribution is 2.31. The minimum absolute atomic E-state index is 0.0256. The zero-order chi connectivity index (χ0) is 16.2. The topological polar surface area (TPSA) is 66.8 Å². The van der Waals surface area contributed by atoms with Crippen LogP contribution in [-0.4, -0.2) is 41.3 Å². The van der Waals surface area contributed by atoms with Gasteiger partial charge in [-0.25, -0.2) is 0 Å². The second kappa shape index (κ2) is 6.79. The van der Waals surface area contributed by atoms with E-state index in [0.717, 1.165) is 11.0 Å². The molecule has 0 unspecified atom stereocenters. The molecule has 1 N–H and O–H groups in total. The lowest BCUT2D eigenvalue weighted by Crippen LogP contribution is -2.35. The van der Waals surface area contributed by atoms with Crippen LogP contribution in [0.25, 0.3) is 0 Å². The average Bonchev–Trinajstić information content (AvgIpc) is 2.36. The van der Waals surface area contributed by atoms with E-state index in [0.29, 0.717) is 0 Å². The van der Waals surface area contributed by atoms with Crippen LogP contribution in [0.1, 0.15) is 17.3 Å². The van der Waals surface area contributed by atoms with Crippen molar-refractivity contribution in [1.82, 2.24) is 4.90 Å². The third-order valence-corrected chi connectivity index (χ3v) is 3.05. The summed E-state index contributed by atoms with van der Waals surface area (Å²) in [5.41, 5.74) is -0.0967. The van der Waals surface area contributed by atoms with Crippen molar-refractivity contribution >= 4 is 27.8 Å². The van der Waals surface area contributed by atoms with E-state index in [9.17, 15) is 22.8 Å². The smallest absolute Gasteiger partial charge is 0.480 e. The highest BCUT2D eigenvalue weighted by Gasteiger charge is 2.32. The van der Waals surface area contributed by atoms with Crippen LogP contribution in [-0.2, 0) is 4.79 Å². The third kappa shape index (κ3) is 5.25. The van der Waals surface area contributed by atoms with Crippen molar-refractivity contribution in [2.45, 2.75) is 13.3 Å².